The minimum absolute atomic E-state index is 0.123. The van der Waals surface area contributed by atoms with Crippen LogP contribution in [-0.4, -0.2) is 17.6 Å². The van der Waals surface area contributed by atoms with Crippen LogP contribution in [0.5, 0.6) is 5.75 Å². The van der Waals surface area contributed by atoms with E-state index in [1.165, 1.54) is 24.3 Å². The highest BCUT2D eigenvalue weighted by Gasteiger charge is 2.08. The summed E-state index contributed by atoms with van der Waals surface area (Å²) in [6.45, 7) is -0.167. The summed E-state index contributed by atoms with van der Waals surface area (Å²) in [6, 6.07) is 19.1. The van der Waals surface area contributed by atoms with Gasteiger partial charge in [-0.25, -0.2) is 4.39 Å². The van der Waals surface area contributed by atoms with Gasteiger partial charge in [-0.3, -0.25) is 10.1 Å². The molecule has 0 spiro atoms. The molecule has 0 aromatic heterocycles. The van der Waals surface area contributed by atoms with E-state index >= 15 is 0 Å². The second-order valence-electron chi connectivity index (χ2n) is 5.28. The van der Waals surface area contributed by atoms with Gasteiger partial charge in [0.15, 0.2) is 11.7 Å². The van der Waals surface area contributed by atoms with Gasteiger partial charge in [-0.1, -0.05) is 36.4 Å². The Balaban J connectivity index is 1.55. The van der Waals surface area contributed by atoms with Gasteiger partial charge in [-0.15, -0.1) is 0 Å². The van der Waals surface area contributed by atoms with Gasteiger partial charge in [-0.05, 0) is 47.9 Å². The van der Waals surface area contributed by atoms with E-state index < -0.39 is 0 Å². The van der Waals surface area contributed by atoms with Crippen LogP contribution in [0.1, 0.15) is 0 Å². The Morgan fingerprint density at radius 3 is 2.52 bits per heavy atom. The number of thiocarbonyl (C=S) groups is 1. The van der Waals surface area contributed by atoms with Gasteiger partial charge in [0.2, 0.25) is 0 Å². The van der Waals surface area contributed by atoms with Crippen LogP contribution in [0.25, 0.3) is 10.8 Å². The molecule has 0 fully saturated rings. The summed E-state index contributed by atoms with van der Waals surface area (Å²) >= 11 is 5.06. The molecular formula is C19H15FN2O2S. The number of ether oxygens (including phenoxy) is 1. The first-order valence-corrected chi connectivity index (χ1v) is 7.99. The summed E-state index contributed by atoms with van der Waals surface area (Å²) in [5.74, 6) is -0.0952. The first kappa shape index (κ1) is 16.9. The van der Waals surface area contributed by atoms with E-state index in [4.69, 9.17) is 17.0 Å². The lowest BCUT2D eigenvalue weighted by Gasteiger charge is -2.11. The molecule has 4 nitrogen and oxygen atoms in total. The number of anilines is 1. The molecule has 0 bridgehead atoms. The molecule has 0 atom stereocenters. The molecule has 0 aliphatic heterocycles. The fourth-order valence-corrected chi connectivity index (χ4v) is 2.55. The van der Waals surface area contributed by atoms with E-state index in [2.05, 4.69) is 10.6 Å². The predicted octanol–water partition coefficient (Wildman–Crippen LogP) is 3.87. The smallest absolute Gasteiger partial charge is 0.264 e. The molecule has 0 saturated heterocycles. The Bertz CT molecular complexity index is 907. The highest BCUT2D eigenvalue weighted by molar-refractivity contribution is 7.80. The molecule has 0 aliphatic rings. The quantitative estimate of drug-likeness (QED) is 0.699. The molecule has 0 heterocycles. The zero-order valence-corrected chi connectivity index (χ0v) is 14.0. The first-order valence-electron chi connectivity index (χ1n) is 7.59. The van der Waals surface area contributed by atoms with Gasteiger partial charge in [0.05, 0.1) is 0 Å². The second kappa shape index (κ2) is 7.72. The van der Waals surface area contributed by atoms with E-state index in [0.29, 0.717) is 11.4 Å². The van der Waals surface area contributed by atoms with Gasteiger partial charge in [0.25, 0.3) is 5.91 Å². The number of amides is 1. The minimum Gasteiger partial charge on any atom is -0.483 e. The summed E-state index contributed by atoms with van der Waals surface area (Å²) in [5, 5.41) is 7.42. The van der Waals surface area contributed by atoms with Gasteiger partial charge in [0.1, 0.15) is 11.6 Å². The van der Waals surface area contributed by atoms with E-state index in [1.54, 1.807) is 0 Å². The number of hydrogen-bond donors (Lipinski definition) is 2. The fraction of sp³-hybridized carbons (Fsp3) is 0.0526. The normalized spacial score (nSPS) is 10.3. The third-order valence-electron chi connectivity index (χ3n) is 3.46. The van der Waals surface area contributed by atoms with Crippen molar-refractivity contribution in [2.75, 3.05) is 11.9 Å². The zero-order valence-electron chi connectivity index (χ0n) is 13.2. The molecule has 1 amide bonds. The molecular weight excluding hydrogens is 339 g/mol. The van der Waals surface area contributed by atoms with Crippen LogP contribution in [0, 0.1) is 5.82 Å². The Morgan fingerprint density at radius 2 is 1.72 bits per heavy atom. The van der Waals surface area contributed by atoms with Crippen molar-refractivity contribution in [3.8, 4) is 5.75 Å². The van der Waals surface area contributed by atoms with Crippen molar-refractivity contribution >= 4 is 39.7 Å². The fourth-order valence-electron chi connectivity index (χ4n) is 2.32. The third kappa shape index (κ3) is 4.51. The summed E-state index contributed by atoms with van der Waals surface area (Å²) in [7, 11) is 0. The lowest BCUT2D eigenvalue weighted by Crippen LogP contribution is -2.37. The molecule has 0 radical (unpaired) electrons. The number of rotatable bonds is 4. The predicted molar refractivity (Wildman–Crippen MR) is 100 cm³/mol. The molecule has 3 aromatic carbocycles. The summed E-state index contributed by atoms with van der Waals surface area (Å²) in [5.41, 5.74) is 0.585. The van der Waals surface area contributed by atoms with Gasteiger partial charge < -0.3 is 10.1 Å². The van der Waals surface area contributed by atoms with Crippen LogP contribution in [0.3, 0.4) is 0 Å². The average Bonchev–Trinajstić information content (AvgIpc) is 2.62. The number of carbonyl (C=O) groups excluding carboxylic acids is 1. The number of fused-ring (bicyclic) bond motifs is 1. The van der Waals surface area contributed by atoms with Gasteiger partial charge in [-0.2, -0.15) is 0 Å². The maximum Gasteiger partial charge on any atom is 0.264 e. The number of hydrogen-bond acceptors (Lipinski definition) is 3. The summed E-state index contributed by atoms with van der Waals surface area (Å²) < 4.78 is 18.5. The van der Waals surface area contributed by atoms with Crippen molar-refractivity contribution in [3.63, 3.8) is 0 Å². The Labute approximate surface area is 149 Å². The van der Waals surface area contributed by atoms with Crippen molar-refractivity contribution < 1.29 is 13.9 Å². The minimum atomic E-state index is -0.382. The van der Waals surface area contributed by atoms with Crippen molar-refractivity contribution in [1.82, 2.24) is 5.32 Å². The molecule has 25 heavy (non-hydrogen) atoms. The molecule has 126 valence electrons. The second-order valence-corrected chi connectivity index (χ2v) is 5.68. The van der Waals surface area contributed by atoms with Crippen molar-refractivity contribution in [2.24, 2.45) is 0 Å². The molecule has 0 aliphatic carbocycles. The lowest BCUT2D eigenvalue weighted by atomic mass is 10.1. The van der Waals surface area contributed by atoms with Crippen molar-refractivity contribution in [2.45, 2.75) is 0 Å². The standard InChI is InChI=1S/C19H15FN2O2S/c20-14-8-10-15(11-9-14)21-19(25)22-18(23)12-24-17-7-3-5-13-4-1-2-6-16(13)17/h1-11H,12H2,(H2,21,22,23,25). The Hall–Kier alpha value is -2.99. The van der Waals surface area contributed by atoms with Crippen LogP contribution in [0.2, 0.25) is 0 Å². The molecule has 2 N–H and O–H groups in total. The first-order chi connectivity index (χ1) is 12.1. The topological polar surface area (TPSA) is 50.4 Å². The van der Waals surface area contributed by atoms with E-state index in [-0.39, 0.29) is 23.4 Å². The molecule has 0 unspecified atom stereocenters. The number of benzene rings is 3. The van der Waals surface area contributed by atoms with E-state index in [0.717, 1.165) is 10.8 Å². The van der Waals surface area contributed by atoms with Crippen LogP contribution in [-0.2, 0) is 4.79 Å². The highest BCUT2D eigenvalue weighted by Crippen LogP contribution is 2.24. The third-order valence-corrected chi connectivity index (χ3v) is 3.67. The van der Waals surface area contributed by atoms with Crippen LogP contribution < -0.4 is 15.4 Å². The number of halogens is 1. The molecule has 3 aromatic rings. The van der Waals surface area contributed by atoms with Crippen molar-refractivity contribution in [3.05, 3.63) is 72.5 Å². The van der Waals surface area contributed by atoms with Crippen molar-refractivity contribution in [1.29, 1.82) is 0 Å². The lowest BCUT2D eigenvalue weighted by molar-refractivity contribution is -0.121. The molecule has 6 heteroatoms. The summed E-state index contributed by atoms with van der Waals surface area (Å²) in [4.78, 5) is 12.0. The maximum atomic E-state index is 12.9. The van der Waals surface area contributed by atoms with Crippen LogP contribution in [0.4, 0.5) is 10.1 Å². The monoisotopic (exact) mass is 354 g/mol. The SMILES string of the molecule is O=C(COc1cccc2ccccc12)NC(=S)Nc1ccc(F)cc1. The van der Waals surface area contributed by atoms with E-state index in [1.807, 2.05) is 42.5 Å². The molecule has 3 rings (SSSR count). The highest BCUT2D eigenvalue weighted by atomic mass is 32.1. The largest absolute Gasteiger partial charge is 0.483 e. The molecule has 0 saturated carbocycles. The number of carbonyl (C=O) groups is 1. The van der Waals surface area contributed by atoms with Crippen LogP contribution >= 0.6 is 12.2 Å². The Kier molecular flexibility index (Phi) is 5.20. The van der Waals surface area contributed by atoms with Gasteiger partial charge in [0, 0.05) is 11.1 Å². The van der Waals surface area contributed by atoms with Crippen LogP contribution in [0.15, 0.2) is 66.7 Å². The number of nitrogens with one attached hydrogen (secondary N) is 2. The zero-order chi connectivity index (χ0) is 17.6. The van der Waals surface area contributed by atoms with E-state index in [9.17, 15) is 9.18 Å². The summed E-state index contributed by atoms with van der Waals surface area (Å²) in [6.07, 6.45) is 0. The maximum absolute atomic E-state index is 12.9. The Morgan fingerprint density at radius 1 is 1.00 bits per heavy atom. The van der Waals surface area contributed by atoms with Gasteiger partial charge >= 0.3 is 0 Å². The average molecular weight is 354 g/mol.